The van der Waals surface area contributed by atoms with Crippen molar-refractivity contribution >= 4 is 12.2 Å². The van der Waals surface area contributed by atoms with Crippen LogP contribution in [0.2, 0.25) is 0 Å². The molecule has 78 valence electrons. The van der Waals surface area contributed by atoms with Crippen molar-refractivity contribution in [2.75, 3.05) is 0 Å². The summed E-state index contributed by atoms with van der Waals surface area (Å²) in [6, 6.07) is 8.06. The van der Waals surface area contributed by atoms with Gasteiger partial charge in [-0.15, -0.1) is 0 Å². The monoisotopic (exact) mass is 203 g/mol. The maximum atomic E-state index is 11.6. The number of benzene rings is 1. The van der Waals surface area contributed by atoms with Crippen molar-refractivity contribution in [3.8, 4) is 0 Å². The Bertz CT molecular complexity index is 362. The van der Waals surface area contributed by atoms with Crippen molar-refractivity contribution in [2.24, 2.45) is 0 Å². The third-order valence-electron chi connectivity index (χ3n) is 2.67. The zero-order valence-electron chi connectivity index (χ0n) is 8.48. The predicted octanol–water partition coefficient (Wildman–Crippen LogP) is 1.51. The molecule has 1 aliphatic heterocycles. The van der Waals surface area contributed by atoms with E-state index in [0.717, 1.165) is 6.29 Å². The molecule has 0 atom stereocenters. The molecule has 0 fully saturated rings. The number of hydrogen-bond donors (Lipinski definition) is 0. The SMILES string of the molecule is O=CCCC(=O)N1Cc2ccccc2C1. The Morgan fingerprint density at radius 1 is 1.27 bits per heavy atom. The Kier molecular flexibility index (Phi) is 2.81. The van der Waals surface area contributed by atoms with Gasteiger partial charge in [0.15, 0.2) is 0 Å². The summed E-state index contributed by atoms with van der Waals surface area (Å²) in [6.45, 7) is 1.38. The van der Waals surface area contributed by atoms with Gasteiger partial charge in [0, 0.05) is 25.9 Å². The van der Waals surface area contributed by atoms with Crippen molar-refractivity contribution in [2.45, 2.75) is 25.9 Å². The van der Waals surface area contributed by atoms with Crippen LogP contribution in [0.25, 0.3) is 0 Å². The third kappa shape index (κ3) is 2.06. The van der Waals surface area contributed by atoms with Gasteiger partial charge in [0.2, 0.25) is 5.91 Å². The molecular formula is C12H13NO2. The maximum Gasteiger partial charge on any atom is 0.223 e. The van der Waals surface area contributed by atoms with Gasteiger partial charge in [-0.3, -0.25) is 4.79 Å². The van der Waals surface area contributed by atoms with Crippen LogP contribution in [0.3, 0.4) is 0 Å². The summed E-state index contributed by atoms with van der Waals surface area (Å²) in [5.41, 5.74) is 2.44. The van der Waals surface area contributed by atoms with Crippen LogP contribution in [0.15, 0.2) is 24.3 Å². The van der Waals surface area contributed by atoms with E-state index < -0.39 is 0 Å². The average molecular weight is 203 g/mol. The van der Waals surface area contributed by atoms with Crippen LogP contribution in [-0.2, 0) is 22.7 Å². The highest BCUT2D eigenvalue weighted by molar-refractivity contribution is 5.78. The van der Waals surface area contributed by atoms with Gasteiger partial charge in [0.1, 0.15) is 6.29 Å². The van der Waals surface area contributed by atoms with E-state index in [-0.39, 0.29) is 5.91 Å². The summed E-state index contributed by atoms with van der Waals surface area (Å²) in [5.74, 6) is 0.0679. The molecule has 3 heteroatoms. The van der Waals surface area contributed by atoms with E-state index in [1.54, 1.807) is 4.90 Å². The first-order valence-electron chi connectivity index (χ1n) is 5.09. The maximum absolute atomic E-state index is 11.6. The first-order chi connectivity index (χ1) is 7.31. The second-order valence-electron chi connectivity index (χ2n) is 3.72. The normalized spacial score (nSPS) is 13.7. The highest BCUT2D eigenvalue weighted by Crippen LogP contribution is 2.22. The second-order valence-corrected chi connectivity index (χ2v) is 3.72. The van der Waals surface area contributed by atoms with Gasteiger partial charge in [-0.05, 0) is 11.1 Å². The third-order valence-corrected chi connectivity index (χ3v) is 2.67. The highest BCUT2D eigenvalue weighted by atomic mass is 16.2. The summed E-state index contributed by atoms with van der Waals surface area (Å²) in [5, 5.41) is 0. The molecule has 1 aliphatic rings. The number of aldehydes is 1. The number of fused-ring (bicyclic) bond motifs is 1. The van der Waals surface area contributed by atoms with Crippen LogP contribution >= 0.6 is 0 Å². The number of carbonyl (C=O) groups excluding carboxylic acids is 2. The summed E-state index contributed by atoms with van der Waals surface area (Å²) in [7, 11) is 0. The van der Waals surface area contributed by atoms with Gasteiger partial charge in [-0.25, -0.2) is 0 Å². The van der Waals surface area contributed by atoms with E-state index in [2.05, 4.69) is 0 Å². The van der Waals surface area contributed by atoms with Gasteiger partial charge in [0.25, 0.3) is 0 Å². The molecule has 15 heavy (non-hydrogen) atoms. The quantitative estimate of drug-likeness (QED) is 0.698. The largest absolute Gasteiger partial charge is 0.334 e. The predicted molar refractivity (Wildman–Crippen MR) is 56.0 cm³/mol. The first-order valence-corrected chi connectivity index (χ1v) is 5.09. The lowest BCUT2D eigenvalue weighted by Gasteiger charge is -2.14. The summed E-state index contributed by atoms with van der Waals surface area (Å²) in [6.07, 6.45) is 1.45. The fourth-order valence-corrected chi connectivity index (χ4v) is 1.85. The molecule has 0 saturated heterocycles. The molecule has 1 aromatic rings. The molecule has 3 nitrogen and oxygen atoms in total. The lowest BCUT2D eigenvalue weighted by Crippen LogP contribution is -2.24. The lowest BCUT2D eigenvalue weighted by atomic mass is 10.1. The summed E-state index contributed by atoms with van der Waals surface area (Å²) in [4.78, 5) is 23.6. The fourth-order valence-electron chi connectivity index (χ4n) is 1.85. The highest BCUT2D eigenvalue weighted by Gasteiger charge is 2.21. The Morgan fingerprint density at radius 3 is 2.40 bits per heavy atom. The smallest absolute Gasteiger partial charge is 0.223 e. The minimum Gasteiger partial charge on any atom is -0.334 e. The second kappa shape index (κ2) is 4.26. The van der Waals surface area contributed by atoms with Gasteiger partial charge in [0.05, 0.1) is 0 Å². The van der Waals surface area contributed by atoms with Crippen molar-refractivity contribution in [3.05, 3.63) is 35.4 Å². The number of amides is 1. The zero-order chi connectivity index (χ0) is 10.7. The van der Waals surface area contributed by atoms with Crippen LogP contribution in [0.5, 0.6) is 0 Å². The number of carbonyl (C=O) groups is 2. The van der Waals surface area contributed by atoms with Crippen molar-refractivity contribution < 1.29 is 9.59 Å². The average Bonchev–Trinajstić information content (AvgIpc) is 2.69. The van der Waals surface area contributed by atoms with E-state index >= 15 is 0 Å². The van der Waals surface area contributed by atoms with Crippen molar-refractivity contribution in [3.63, 3.8) is 0 Å². The zero-order valence-corrected chi connectivity index (χ0v) is 8.48. The Balaban J connectivity index is 2.00. The molecule has 2 rings (SSSR count). The Labute approximate surface area is 88.7 Å². The molecule has 0 aromatic heterocycles. The minimum atomic E-state index is 0.0679. The van der Waals surface area contributed by atoms with Crippen LogP contribution in [0, 0.1) is 0 Å². The molecule has 0 radical (unpaired) electrons. The molecule has 0 unspecified atom stereocenters. The van der Waals surface area contributed by atoms with Crippen LogP contribution < -0.4 is 0 Å². The number of rotatable bonds is 3. The number of hydrogen-bond acceptors (Lipinski definition) is 2. The molecule has 1 amide bonds. The fraction of sp³-hybridized carbons (Fsp3) is 0.333. The lowest BCUT2D eigenvalue weighted by molar-refractivity contribution is -0.132. The van der Waals surface area contributed by atoms with E-state index in [0.29, 0.717) is 25.9 Å². The first kappa shape index (κ1) is 9.90. The molecule has 0 spiro atoms. The molecule has 1 aromatic carbocycles. The summed E-state index contributed by atoms with van der Waals surface area (Å²) < 4.78 is 0. The Hall–Kier alpha value is -1.64. The Morgan fingerprint density at radius 2 is 1.87 bits per heavy atom. The van der Waals surface area contributed by atoms with E-state index in [1.807, 2.05) is 24.3 Å². The molecule has 0 N–H and O–H groups in total. The molecule has 0 bridgehead atoms. The van der Waals surface area contributed by atoms with Crippen LogP contribution in [0.4, 0.5) is 0 Å². The topological polar surface area (TPSA) is 37.4 Å². The van der Waals surface area contributed by atoms with E-state index in [4.69, 9.17) is 0 Å². The van der Waals surface area contributed by atoms with Crippen LogP contribution in [-0.4, -0.2) is 17.1 Å². The summed E-state index contributed by atoms with van der Waals surface area (Å²) >= 11 is 0. The molecule has 1 heterocycles. The van der Waals surface area contributed by atoms with Gasteiger partial charge in [-0.1, -0.05) is 24.3 Å². The van der Waals surface area contributed by atoms with Crippen molar-refractivity contribution in [1.82, 2.24) is 4.90 Å². The van der Waals surface area contributed by atoms with Crippen LogP contribution in [0.1, 0.15) is 24.0 Å². The molecule has 0 saturated carbocycles. The van der Waals surface area contributed by atoms with Crippen molar-refractivity contribution in [1.29, 1.82) is 0 Å². The van der Waals surface area contributed by atoms with E-state index in [1.165, 1.54) is 11.1 Å². The standard InChI is InChI=1S/C12H13NO2/c14-7-3-6-12(15)13-8-10-4-1-2-5-11(10)9-13/h1-2,4-5,7H,3,6,8-9H2. The van der Waals surface area contributed by atoms with Gasteiger partial charge < -0.3 is 9.69 Å². The molecule has 0 aliphatic carbocycles. The number of nitrogens with zero attached hydrogens (tertiary/aromatic N) is 1. The van der Waals surface area contributed by atoms with Gasteiger partial charge >= 0.3 is 0 Å². The van der Waals surface area contributed by atoms with E-state index in [9.17, 15) is 9.59 Å². The minimum absolute atomic E-state index is 0.0679. The molecular weight excluding hydrogens is 190 g/mol. The van der Waals surface area contributed by atoms with Gasteiger partial charge in [-0.2, -0.15) is 0 Å².